The molecule has 0 aliphatic carbocycles. The average molecular weight is 303 g/mol. The highest BCUT2D eigenvalue weighted by Gasteiger charge is 2.09. The first kappa shape index (κ1) is 15.7. The van der Waals surface area contributed by atoms with Gasteiger partial charge in [0, 0.05) is 6.54 Å². The summed E-state index contributed by atoms with van der Waals surface area (Å²) in [5, 5.41) is 0. The Morgan fingerprint density at radius 3 is 1.90 bits per heavy atom. The van der Waals surface area contributed by atoms with Gasteiger partial charge in [0.2, 0.25) is 10.0 Å². The van der Waals surface area contributed by atoms with E-state index < -0.39 is 10.0 Å². The number of rotatable bonds is 5. The molecule has 2 aromatic rings. The fourth-order valence-electron chi connectivity index (χ4n) is 2.14. The lowest BCUT2D eigenvalue weighted by Crippen LogP contribution is -2.26. The second kappa shape index (κ2) is 6.41. The Morgan fingerprint density at radius 1 is 0.952 bits per heavy atom. The standard InChI is InChI=1S/C17H21NO2S/c1-13-4-6-16(7-5-13)17-10-8-15(9-11-17)14(2)12-18-21(3,19)20/h4-11,14,18H,12H2,1-3H3. The van der Waals surface area contributed by atoms with E-state index in [-0.39, 0.29) is 5.92 Å². The zero-order chi connectivity index (χ0) is 15.5. The molecule has 0 aromatic heterocycles. The fourth-order valence-corrected chi connectivity index (χ4v) is 2.70. The van der Waals surface area contributed by atoms with Crippen LogP contribution in [0.15, 0.2) is 48.5 Å². The molecule has 0 saturated carbocycles. The Balaban J connectivity index is 2.09. The Morgan fingerprint density at radius 2 is 1.43 bits per heavy atom. The van der Waals surface area contributed by atoms with E-state index in [9.17, 15) is 8.42 Å². The maximum atomic E-state index is 11.1. The van der Waals surface area contributed by atoms with Gasteiger partial charge in [-0.3, -0.25) is 0 Å². The smallest absolute Gasteiger partial charge is 0.208 e. The van der Waals surface area contributed by atoms with Crippen LogP contribution in [0.5, 0.6) is 0 Å². The number of hydrogen-bond acceptors (Lipinski definition) is 2. The van der Waals surface area contributed by atoms with Crippen molar-refractivity contribution in [2.24, 2.45) is 0 Å². The summed E-state index contributed by atoms with van der Waals surface area (Å²) in [6.45, 7) is 4.51. The predicted octanol–water partition coefficient (Wildman–Crippen LogP) is 3.31. The van der Waals surface area contributed by atoms with Crippen molar-refractivity contribution in [3.8, 4) is 11.1 Å². The summed E-state index contributed by atoms with van der Waals surface area (Å²) in [5.74, 6) is 0.145. The Labute approximate surface area is 127 Å². The lowest BCUT2D eigenvalue weighted by Gasteiger charge is -2.13. The molecular weight excluding hydrogens is 282 g/mol. The highest BCUT2D eigenvalue weighted by atomic mass is 32.2. The molecular formula is C17H21NO2S. The Kier molecular flexibility index (Phi) is 4.80. The number of benzene rings is 2. The average Bonchev–Trinajstić information content (AvgIpc) is 2.45. The molecule has 0 saturated heterocycles. The molecule has 0 spiro atoms. The van der Waals surface area contributed by atoms with Crippen molar-refractivity contribution >= 4 is 10.0 Å². The molecule has 1 atom stereocenters. The van der Waals surface area contributed by atoms with Crippen LogP contribution >= 0.6 is 0 Å². The number of nitrogens with one attached hydrogen (secondary N) is 1. The van der Waals surface area contributed by atoms with E-state index in [4.69, 9.17) is 0 Å². The van der Waals surface area contributed by atoms with Crippen LogP contribution in [-0.4, -0.2) is 21.2 Å². The molecule has 2 rings (SSSR count). The number of sulfonamides is 1. The van der Waals surface area contributed by atoms with Crippen LogP contribution in [0.4, 0.5) is 0 Å². The molecule has 0 bridgehead atoms. The SMILES string of the molecule is Cc1ccc(-c2ccc(C(C)CNS(C)(=O)=O)cc2)cc1. The van der Waals surface area contributed by atoms with Crippen LogP contribution in [0.3, 0.4) is 0 Å². The van der Waals surface area contributed by atoms with E-state index in [1.807, 2.05) is 6.92 Å². The first-order valence-corrected chi connectivity index (χ1v) is 8.86. The normalized spacial score (nSPS) is 13.1. The predicted molar refractivity (Wildman–Crippen MR) is 87.9 cm³/mol. The van der Waals surface area contributed by atoms with Crippen molar-refractivity contribution in [2.75, 3.05) is 12.8 Å². The van der Waals surface area contributed by atoms with E-state index in [1.165, 1.54) is 22.9 Å². The Bertz CT molecular complexity index is 689. The number of aryl methyl sites for hydroxylation is 1. The molecule has 21 heavy (non-hydrogen) atoms. The summed E-state index contributed by atoms with van der Waals surface area (Å²) in [4.78, 5) is 0. The largest absolute Gasteiger partial charge is 0.215 e. The second-order valence-corrected chi connectivity index (χ2v) is 7.34. The topological polar surface area (TPSA) is 46.2 Å². The molecule has 4 heteroatoms. The van der Waals surface area contributed by atoms with E-state index in [2.05, 4.69) is 60.2 Å². The van der Waals surface area contributed by atoms with Gasteiger partial charge in [-0.2, -0.15) is 0 Å². The van der Waals surface area contributed by atoms with Gasteiger partial charge in [0.05, 0.1) is 6.26 Å². The third-order valence-corrected chi connectivity index (χ3v) is 4.21. The Hall–Kier alpha value is -1.65. The molecule has 2 aromatic carbocycles. The summed E-state index contributed by atoms with van der Waals surface area (Å²) < 4.78 is 24.8. The van der Waals surface area contributed by atoms with Crippen molar-refractivity contribution < 1.29 is 8.42 Å². The first-order chi connectivity index (χ1) is 9.85. The molecule has 0 amide bonds. The van der Waals surface area contributed by atoms with Crippen molar-refractivity contribution in [3.63, 3.8) is 0 Å². The maximum absolute atomic E-state index is 11.1. The van der Waals surface area contributed by atoms with Gasteiger partial charge in [0.15, 0.2) is 0 Å². The first-order valence-electron chi connectivity index (χ1n) is 6.97. The molecule has 0 fully saturated rings. The van der Waals surface area contributed by atoms with Crippen LogP contribution in [0.2, 0.25) is 0 Å². The quantitative estimate of drug-likeness (QED) is 0.921. The van der Waals surface area contributed by atoms with Gasteiger partial charge in [-0.05, 0) is 29.5 Å². The minimum atomic E-state index is -3.13. The van der Waals surface area contributed by atoms with Gasteiger partial charge >= 0.3 is 0 Å². The third-order valence-electron chi connectivity index (χ3n) is 3.52. The van der Waals surface area contributed by atoms with Crippen molar-refractivity contribution in [3.05, 3.63) is 59.7 Å². The van der Waals surface area contributed by atoms with E-state index in [0.29, 0.717) is 6.54 Å². The minimum Gasteiger partial charge on any atom is -0.215 e. The number of hydrogen-bond donors (Lipinski definition) is 1. The lowest BCUT2D eigenvalue weighted by atomic mass is 9.97. The zero-order valence-electron chi connectivity index (χ0n) is 12.6. The molecule has 0 radical (unpaired) electrons. The summed E-state index contributed by atoms with van der Waals surface area (Å²) in [6.07, 6.45) is 1.18. The van der Waals surface area contributed by atoms with E-state index >= 15 is 0 Å². The van der Waals surface area contributed by atoms with Crippen LogP contribution in [-0.2, 0) is 10.0 Å². The second-order valence-electron chi connectivity index (χ2n) is 5.51. The van der Waals surface area contributed by atoms with Crippen LogP contribution < -0.4 is 4.72 Å². The highest BCUT2D eigenvalue weighted by Crippen LogP contribution is 2.23. The van der Waals surface area contributed by atoms with Gasteiger partial charge in [-0.1, -0.05) is 61.0 Å². The molecule has 0 heterocycles. The fraction of sp³-hybridized carbons (Fsp3) is 0.294. The monoisotopic (exact) mass is 303 g/mol. The van der Waals surface area contributed by atoms with Crippen LogP contribution in [0.25, 0.3) is 11.1 Å². The summed E-state index contributed by atoms with van der Waals surface area (Å²) in [6, 6.07) is 16.7. The van der Waals surface area contributed by atoms with Gasteiger partial charge in [0.25, 0.3) is 0 Å². The maximum Gasteiger partial charge on any atom is 0.208 e. The summed E-state index contributed by atoms with van der Waals surface area (Å²) in [7, 11) is -3.13. The summed E-state index contributed by atoms with van der Waals surface area (Å²) >= 11 is 0. The van der Waals surface area contributed by atoms with Crippen LogP contribution in [0.1, 0.15) is 24.0 Å². The van der Waals surface area contributed by atoms with E-state index in [0.717, 1.165) is 5.56 Å². The molecule has 1 unspecified atom stereocenters. The molecule has 1 N–H and O–H groups in total. The van der Waals surface area contributed by atoms with Gasteiger partial charge < -0.3 is 0 Å². The van der Waals surface area contributed by atoms with Crippen molar-refractivity contribution in [2.45, 2.75) is 19.8 Å². The van der Waals surface area contributed by atoms with Crippen molar-refractivity contribution in [1.29, 1.82) is 0 Å². The highest BCUT2D eigenvalue weighted by molar-refractivity contribution is 7.88. The van der Waals surface area contributed by atoms with Gasteiger partial charge in [-0.15, -0.1) is 0 Å². The lowest BCUT2D eigenvalue weighted by molar-refractivity contribution is 0.581. The molecule has 0 aliphatic heterocycles. The summed E-state index contributed by atoms with van der Waals surface area (Å²) in [5.41, 5.74) is 4.73. The molecule has 112 valence electrons. The van der Waals surface area contributed by atoms with Crippen LogP contribution in [0, 0.1) is 6.92 Å². The van der Waals surface area contributed by atoms with Crippen molar-refractivity contribution in [1.82, 2.24) is 4.72 Å². The third kappa shape index (κ3) is 4.69. The van der Waals surface area contributed by atoms with Gasteiger partial charge in [-0.25, -0.2) is 13.1 Å². The minimum absolute atomic E-state index is 0.145. The van der Waals surface area contributed by atoms with E-state index in [1.54, 1.807) is 0 Å². The zero-order valence-corrected chi connectivity index (χ0v) is 13.4. The molecule has 0 aliphatic rings. The molecule has 3 nitrogen and oxygen atoms in total. The van der Waals surface area contributed by atoms with Gasteiger partial charge in [0.1, 0.15) is 0 Å².